The van der Waals surface area contributed by atoms with Crippen molar-refractivity contribution in [2.75, 3.05) is 4.31 Å². The molecule has 4 aromatic rings. The molecule has 0 saturated heterocycles. The van der Waals surface area contributed by atoms with Crippen LogP contribution in [0.2, 0.25) is 0 Å². The van der Waals surface area contributed by atoms with Crippen LogP contribution in [0.5, 0.6) is 0 Å². The first-order chi connectivity index (χ1) is 17.7. The van der Waals surface area contributed by atoms with Gasteiger partial charge in [-0.25, -0.2) is 8.42 Å². The zero-order valence-electron chi connectivity index (χ0n) is 21.6. The predicted molar refractivity (Wildman–Crippen MR) is 149 cm³/mol. The van der Waals surface area contributed by atoms with E-state index in [0.29, 0.717) is 11.3 Å². The summed E-state index contributed by atoms with van der Waals surface area (Å²) in [5, 5.41) is 3.07. The third kappa shape index (κ3) is 5.92. The van der Waals surface area contributed by atoms with E-state index in [1.807, 2.05) is 70.2 Å². The van der Waals surface area contributed by atoms with Crippen molar-refractivity contribution in [3.05, 3.63) is 130 Å². The number of hydrogen-bond acceptors (Lipinski definition) is 3. The Balaban J connectivity index is 1.74. The van der Waals surface area contributed by atoms with Gasteiger partial charge in [0.1, 0.15) is 0 Å². The van der Waals surface area contributed by atoms with Gasteiger partial charge >= 0.3 is 0 Å². The molecule has 0 aliphatic rings. The monoisotopic (exact) mass is 512 g/mol. The smallest absolute Gasteiger partial charge is 0.264 e. The Labute approximate surface area is 219 Å². The summed E-state index contributed by atoms with van der Waals surface area (Å²) in [6, 6.07) is 28.9. The van der Waals surface area contributed by atoms with E-state index in [1.165, 1.54) is 4.31 Å². The van der Waals surface area contributed by atoms with Crippen molar-refractivity contribution >= 4 is 21.6 Å². The zero-order valence-corrected chi connectivity index (χ0v) is 22.4. The highest BCUT2D eigenvalue weighted by atomic mass is 32.2. The lowest BCUT2D eigenvalue weighted by atomic mass is 10.00. The second-order valence-corrected chi connectivity index (χ2v) is 11.2. The Morgan fingerprint density at radius 3 is 2.11 bits per heavy atom. The van der Waals surface area contributed by atoms with Gasteiger partial charge in [0.25, 0.3) is 15.9 Å². The Kier molecular flexibility index (Phi) is 7.79. The number of amides is 1. The van der Waals surface area contributed by atoms with Crippen LogP contribution >= 0.6 is 0 Å². The van der Waals surface area contributed by atoms with Gasteiger partial charge in [0.15, 0.2) is 0 Å². The molecule has 1 atom stereocenters. The van der Waals surface area contributed by atoms with E-state index in [2.05, 4.69) is 11.4 Å². The van der Waals surface area contributed by atoms with Crippen molar-refractivity contribution in [3.8, 4) is 0 Å². The lowest BCUT2D eigenvalue weighted by molar-refractivity contribution is 0.0940. The topological polar surface area (TPSA) is 66.5 Å². The van der Waals surface area contributed by atoms with Crippen LogP contribution in [-0.2, 0) is 16.6 Å². The third-order valence-electron chi connectivity index (χ3n) is 6.43. The maximum absolute atomic E-state index is 13.9. The van der Waals surface area contributed by atoms with E-state index in [4.69, 9.17) is 0 Å². The molecule has 0 fully saturated rings. The fraction of sp³-hybridized carbons (Fsp3) is 0.194. The van der Waals surface area contributed by atoms with Crippen molar-refractivity contribution < 1.29 is 13.2 Å². The summed E-state index contributed by atoms with van der Waals surface area (Å²) in [7, 11) is -3.96. The van der Waals surface area contributed by atoms with Gasteiger partial charge in [-0.05, 0) is 68.7 Å². The van der Waals surface area contributed by atoms with Crippen LogP contribution in [0.4, 0.5) is 5.69 Å². The molecule has 1 amide bonds. The fourth-order valence-electron chi connectivity index (χ4n) is 4.43. The summed E-state index contributed by atoms with van der Waals surface area (Å²) in [4.78, 5) is 13.7. The molecule has 6 heteroatoms. The quantitative estimate of drug-likeness (QED) is 0.293. The number of sulfonamides is 1. The lowest BCUT2D eigenvalue weighted by Gasteiger charge is -2.27. The van der Waals surface area contributed by atoms with Gasteiger partial charge in [0.2, 0.25) is 0 Å². The molecule has 0 aliphatic carbocycles. The van der Waals surface area contributed by atoms with Crippen LogP contribution in [0.25, 0.3) is 0 Å². The number of benzene rings is 4. The zero-order chi connectivity index (χ0) is 26.6. The Bertz CT molecular complexity index is 1500. The van der Waals surface area contributed by atoms with Crippen LogP contribution in [0.15, 0.2) is 102 Å². The first-order valence-electron chi connectivity index (χ1n) is 12.3. The normalized spacial score (nSPS) is 12.1. The van der Waals surface area contributed by atoms with Gasteiger partial charge in [-0.15, -0.1) is 0 Å². The van der Waals surface area contributed by atoms with E-state index in [1.54, 1.807) is 48.5 Å². The molecule has 190 valence electrons. The molecular weight excluding hydrogens is 480 g/mol. The minimum Gasteiger partial charge on any atom is -0.345 e. The number of aryl methyl sites for hydroxylation is 3. The van der Waals surface area contributed by atoms with Gasteiger partial charge in [-0.3, -0.25) is 9.10 Å². The second-order valence-electron chi connectivity index (χ2n) is 9.38. The van der Waals surface area contributed by atoms with E-state index in [0.717, 1.165) is 27.8 Å². The van der Waals surface area contributed by atoms with E-state index < -0.39 is 10.0 Å². The van der Waals surface area contributed by atoms with Crippen LogP contribution in [0.1, 0.15) is 51.1 Å². The SMILES string of the molecule is Cc1ccc(S(=O)(=O)N(Cc2ccccc2)c2ccccc2C(=O)NC(C)c2ccc(C)cc2C)cc1. The largest absolute Gasteiger partial charge is 0.345 e. The number of hydrogen-bond donors (Lipinski definition) is 1. The van der Waals surface area contributed by atoms with E-state index in [9.17, 15) is 13.2 Å². The van der Waals surface area contributed by atoms with Gasteiger partial charge in [0, 0.05) is 0 Å². The van der Waals surface area contributed by atoms with Crippen molar-refractivity contribution in [2.45, 2.75) is 45.2 Å². The number of nitrogens with zero attached hydrogens (tertiary/aromatic N) is 1. The highest BCUT2D eigenvalue weighted by Crippen LogP contribution is 2.30. The number of anilines is 1. The second kappa shape index (κ2) is 11.0. The summed E-state index contributed by atoms with van der Waals surface area (Å²) in [6.45, 7) is 7.99. The number of carbonyl (C=O) groups is 1. The molecule has 37 heavy (non-hydrogen) atoms. The minimum atomic E-state index is -3.96. The van der Waals surface area contributed by atoms with E-state index >= 15 is 0 Å². The molecular formula is C31H32N2O3S. The van der Waals surface area contributed by atoms with Crippen LogP contribution in [0, 0.1) is 20.8 Å². The molecule has 0 aliphatic heterocycles. The molecule has 4 aromatic carbocycles. The van der Waals surface area contributed by atoms with Crippen molar-refractivity contribution in [1.29, 1.82) is 0 Å². The van der Waals surface area contributed by atoms with Crippen LogP contribution in [0.3, 0.4) is 0 Å². The number of para-hydroxylation sites is 1. The van der Waals surface area contributed by atoms with Gasteiger partial charge in [0.05, 0.1) is 28.7 Å². The summed E-state index contributed by atoms with van der Waals surface area (Å²) in [6.07, 6.45) is 0. The van der Waals surface area contributed by atoms with Gasteiger partial charge in [-0.1, -0.05) is 83.9 Å². The highest BCUT2D eigenvalue weighted by Gasteiger charge is 2.29. The third-order valence-corrected chi connectivity index (χ3v) is 8.21. The summed E-state index contributed by atoms with van der Waals surface area (Å²) in [5.41, 5.74) is 5.68. The Hall–Kier alpha value is -3.90. The first kappa shape index (κ1) is 26.2. The van der Waals surface area contributed by atoms with Crippen molar-refractivity contribution in [1.82, 2.24) is 5.32 Å². The molecule has 0 heterocycles. The van der Waals surface area contributed by atoms with Crippen LogP contribution in [-0.4, -0.2) is 14.3 Å². The number of carbonyl (C=O) groups excluding carboxylic acids is 1. The summed E-state index contributed by atoms with van der Waals surface area (Å²) < 4.78 is 29.2. The highest BCUT2D eigenvalue weighted by molar-refractivity contribution is 7.92. The summed E-state index contributed by atoms with van der Waals surface area (Å²) >= 11 is 0. The average molecular weight is 513 g/mol. The molecule has 0 spiro atoms. The maximum Gasteiger partial charge on any atom is 0.264 e. The van der Waals surface area contributed by atoms with Gasteiger partial charge < -0.3 is 5.32 Å². The van der Waals surface area contributed by atoms with Crippen LogP contribution < -0.4 is 9.62 Å². The number of rotatable bonds is 8. The molecule has 0 radical (unpaired) electrons. The standard InChI is InChI=1S/C31H32N2O3S/c1-22-14-17-27(18-15-22)37(35,36)33(21-26-10-6-5-7-11-26)30-13-9-8-12-29(30)31(34)32-25(4)28-19-16-23(2)20-24(28)3/h5-20,25H,21H2,1-4H3,(H,32,34). The molecule has 0 saturated carbocycles. The first-order valence-corrected chi connectivity index (χ1v) is 13.7. The number of nitrogens with one attached hydrogen (secondary N) is 1. The van der Waals surface area contributed by atoms with Gasteiger partial charge in [-0.2, -0.15) is 0 Å². The lowest BCUT2D eigenvalue weighted by Crippen LogP contribution is -2.34. The molecule has 4 rings (SSSR count). The Morgan fingerprint density at radius 2 is 1.43 bits per heavy atom. The molecule has 5 nitrogen and oxygen atoms in total. The Morgan fingerprint density at radius 1 is 0.811 bits per heavy atom. The molecule has 1 unspecified atom stereocenters. The molecule has 0 aromatic heterocycles. The molecule has 1 N–H and O–H groups in total. The van der Waals surface area contributed by atoms with E-state index in [-0.39, 0.29) is 23.4 Å². The predicted octanol–water partition coefficient (Wildman–Crippen LogP) is 6.50. The van der Waals surface area contributed by atoms with Crippen molar-refractivity contribution in [3.63, 3.8) is 0 Å². The minimum absolute atomic E-state index is 0.0912. The fourth-order valence-corrected chi connectivity index (χ4v) is 5.90. The summed E-state index contributed by atoms with van der Waals surface area (Å²) in [5.74, 6) is -0.333. The average Bonchev–Trinajstić information content (AvgIpc) is 2.88. The van der Waals surface area contributed by atoms with Crippen molar-refractivity contribution in [2.24, 2.45) is 0 Å². The maximum atomic E-state index is 13.9. The molecule has 0 bridgehead atoms.